The summed E-state index contributed by atoms with van der Waals surface area (Å²) in [7, 11) is 1.75. The van der Waals surface area contributed by atoms with Crippen molar-refractivity contribution in [2.75, 3.05) is 26.7 Å². The van der Waals surface area contributed by atoms with Crippen LogP contribution in [0.2, 0.25) is 0 Å². The first-order valence-electron chi connectivity index (χ1n) is 3.55. The fourth-order valence-electron chi connectivity index (χ4n) is 1.26. The maximum Gasteiger partial charge on any atom is 0.0710 e. The first kappa shape index (κ1) is 7.59. The van der Waals surface area contributed by atoms with E-state index in [1.807, 2.05) is 0 Å². The summed E-state index contributed by atoms with van der Waals surface area (Å²) in [6.07, 6.45) is 6.70. The number of ether oxygens (including phenoxy) is 1. The summed E-state index contributed by atoms with van der Waals surface area (Å²) in [5.41, 5.74) is 0. The SMILES string of the molecule is C#CCN1CC[C@H](OC)C1. The summed E-state index contributed by atoms with van der Waals surface area (Å²) in [4.78, 5) is 2.23. The van der Waals surface area contributed by atoms with Crippen LogP contribution < -0.4 is 0 Å². The van der Waals surface area contributed by atoms with Crippen LogP contribution in [0.15, 0.2) is 0 Å². The van der Waals surface area contributed by atoms with Crippen molar-refractivity contribution >= 4 is 0 Å². The van der Waals surface area contributed by atoms with Crippen LogP contribution in [-0.2, 0) is 4.74 Å². The van der Waals surface area contributed by atoms with Crippen LogP contribution in [0.5, 0.6) is 0 Å². The van der Waals surface area contributed by atoms with Crippen molar-refractivity contribution in [3.05, 3.63) is 0 Å². The molecule has 56 valence electrons. The number of hydrogen-bond donors (Lipinski definition) is 0. The van der Waals surface area contributed by atoms with Gasteiger partial charge in [-0.3, -0.25) is 4.90 Å². The van der Waals surface area contributed by atoms with E-state index < -0.39 is 0 Å². The highest BCUT2D eigenvalue weighted by atomic mass is 16.5. The summed E-state index contributed by atoms with van der Waals surface area (Å²) in [5, 5.41) is 0. The van der Waals surface area contributed by atoms with Crippen molar-refractivity contribution in [1.82, 2.24) is 4.90 Å². The van der Waals surface area contributed by atoms with Gasteiger partial charge in [0.05, 0.1) is 12.6 Å². The molecular formula is C8H13NO. The van der Waals surface area contributed by atoms with Crippen molar-refractivity contribution in [2.45, 2.75) is 12.5 Å². The molecule has 1 fully saturated rings. The van der Waals surface area contributed by atoms with Gasteiger partial charge in [-0.15, -0.1) is 6.42 Å². The molecule has 1 heterocycles. The summed E-state index contributed by atoms with van der Waals surface area (Å²) in [5.74, 6) is 2.62. The second-order valence-electron chi connectivity index (χ2n) is 2.59. The zero-order valence-corrected chi connectivity index (χ0v) is 6.34. The Morgan fingerprint density at radius 3 is 3.10 bits per heavy atom. The van der Waals surface area contributed by atoms with E-state index in [1.165, 1.54) is 0 Å². The van der Waals surface area contributed by atoms with Crippen LogP contribution in [0.1, 0.15) is 6.42 Å². The Kier molecular flexibility index (Phi) is 2.73. The molecule has 1 atom stereocenters. The molecule has 0 amide bonds. The van der Waals surface area contributed by atoms with Crippen LogP contribution in [0.3, 0.4) is 0 Å². The minimum Gasteiger partial charge on any atom is -0.380 e. The maximum absolute atomic E-state index is 5.18. The molecule has 0 spiro atoms. The van der Waals surface area contributed by atoms with Crippen LogP contribution in [0.4, 0.5) is 0 Å². The van der Waals surface area contributed by atoms with Gasteiger partial charge < -0.3 is 4.74 Å². The molecule has 10 heavy (non-hydrogen) atoms. The molecule has 0 radical (unpaired) electrons. The molecule has 0 bridgehead atoms. The molecule has 1 rings (SSSR count). The number of rotatable bonds is 2. The Morgan fingerprint density at radius 1 is 1.80 bits per heavy atom. The van der Waals surface area contributed by atoms with Gasteiger partial charge in [-0.25, -0.2) is 0 Å². The number of likely N-dealkylation sites (tertiary alicyclic amines) is 1. The van der Waals surface area contributed by atoms with E-state index in [2.05, 4.69) is 10.8 Å². The third kappa shape index (κ3) is 1.73. The number of nitrogens with zero attached hydrogens (tertiary/aromatic N) is 1. The van der Waals surface area contributed by atoms with Crippen molar-refractivity contribution in [3.8, 4) is 12.3 Å². The van der Waals surface area contributed by atoms with Gasteiger partial charge in [0.2, 0.25) is 0 Å². The van der Waals surface area contributed by atoms with E-state index in [1.54, 1.807) is 7.11 Å². The lowest BCUT2D eigenvalue weighted by Gasteiger charge is -2.10. The largest absolute Gasteiger partial charge is 0.380 e. The zero-order chi connectivity index (χ0) is 7.40. The summed E-state index contributed by atoms with van der Waals surface area (Å²) in [6.45, 7) is 2.85. The zero-order valence-electron chi connectivity index (χ0n) is 6.34. The molecule has 0 aromatic carbocycles. The van der Waals surface area contributed by atoms with Gasteiger partial charge in [-0.2, -0.15) is 0 Å². The quantitative estimate of drug-likeness (QED) is 0.511. The molecule has 2 heteroatoms. The highest BCUT2D eigenvalue weighted by Gasteiger charge is 2.20. The monoisotopic (exact) mass is 139 g/mol. The van der Waals surface area contributed by atoms with Gasteiger partial charge in [-0.05, 0) is 6.42 Å². The summed E-state index contributed by atoms with van der Waals surface area (Å²) < 4.78 is 5.18. The van der Waals surface area contributed by atoms with Crippen molar-refractivity contribution in [3.63, 3.8) is 0 Å². The third-order valence-corrected chi connectivity index (χ3v) is 1.88. The predicted molar refractivity (Wildman–Crippen MR) is 40.7 cm³/mol. The Morgan fingerprint density at radius 2 is 2.60 bits per heavy atom. The normalized spacial score (nSPS) is 26.6. The first-order chi connectivity index (χ1) is 4.86. The van der Waals surface area contributed by atoms with Gasteiger partial charge in [0.1, 0.15) is 0 Å². The van der Waals surface area contributed by atoms with Gasteiger partial charge in [0.25, 0.3) is 0 Å². The predicted octanol–water partition coefficient (Wildman–Crippen LogP) is 0.340. The highest BCUT2D eigenvalue weighted by molar-refractivity contribution is 4.91. The number of methoxy groups -OCH3 is 1. The average molecular weight is 139 g/mol. The molecule has 1 aliphatic rings. The minimum atomic E-state index is 0.411. The lowest BCUT2D eigenvalue weighted by molar-refractivity contribution is 0.110. The van der Waals surface area contributed by atoms with Crippen LogP contribution in [0, 0.1) is 12.3 Å². The topological polar surface area (TPSA) is 12.5 Å². The minimum absolute atomic E-state index is 0.411. The molecular weight excluding hydrogens is 126 g/mol. The molecule has 1 aliphatic heterocycles. The fraction of sp³-hybridized carbons (Fsp3) is 0.750. The molecule has 2 nitrogen and oxygen atoms in total. The van der Waals surface area contributed by atoms with E-state index in [0.717, 1.165) is 26.1 Å². The molecule has 0 aromatic heterocycles. The molecule has 0 unspecified atom stereocenters. The van der Waals surface area contributed by atoms with E-state index in [9.17, 15) is 0 Å². The van der Waals surface area contributed by atoms with E-state index in [0.29, 0.717) is 6.10 Å². The molecule has 0 saturated carbocycles. The molecule has 0 N–H and O–H groups in total. The first-order valence-corrected chi connectivity index (χ1v) is 3.55. The number of terminal acetylenes is 1. The van der Waals surface area contributed by atoms with E-state index in [4.69, 9.17) is 11.2 Å². The van der Waals surface area contributed by atoms with Crippen molar-refractivity contribution < 1.29 is 4.74 Å². The Balaban J connectivity index is 2.23. The second-order valence-corrected chi connectivity index (χ2v) is 2.59. The van der Waals surface area contributed by atoms with Gasteiger partial charge in [0, 0.05) is 20.2 Å². The lowest BCUT2D eigenvalue weighted by Crippen LogP contribution is -2.22. The van der Waals surface area contributed by atoms with Crippen molar-refractivity contribution in [2.24, 2.45) is 0 Å². The smallest absolute Gasteiger partial charge is 0.0710 e. The molecule has 0 aromatic rings. The Labute approximate surface area is 62.2 Å². The van der Waals surface area contributed by atoms with E-state index in [-0.39, 0.29) is 0 Å². The Bertz CT molecular complexity index is 139. The number of hydrogen-bond acceptors (Lipinski definition) is 2. The van der Waals surface area contributed by atoms with Crippen LogP contribution in [0.25, 0.3) is 0 Å². The average Bonchev–Trinajstić information content (AvgIpc) is 2.37. The second kappa shape index (κ2) is 3.60. The van der Waals surface area contributed by atoms with Crippen LogP contribution in [-0.4, -0.2) is 37.7 Å². The molecule has 1 saturated heterocycles. The summed E-state index contributed by atoms with van der Waals surface area (Å²) >= 11 is 0. The molecule has 0 aliphatic carbocycles. The Hall–Kier alpha value is -0.520. The maximum atomic E-state index is 5.18. The standard InChI is InChI=1S/C8H13NO/c1-3-5-9-6-4-8(7-9)10-2/h1,8H,4-7H2,2H3/t8-/m0/s1. The van der Waals surface area contributed by atoms with Crippen LogP contribution >= 0.6 is 0 Å². The lowest BCUT2D eigenvalue weighted by atomic mass is 10.3. The fourth-order valence-corrected chi connectivity index (χ4v) is 1.26. The summed E-state index contributed by atoms with van der Waals surface area (Å²) in [6, 6.07) is 0. The van der Waals surface area contributed by atoms with Gasteiger partial charge in [0.15, 0.2) is 0 Å². The third-order valence-electron chi connectivity index (χ3n) is 1.88. The van der Waals surface area contributed by atoms with Gasteiger partial charge >= 0.3 is 0 Å². The van der Waals surface area contributed by atoms with Crippen molar-refractivity contribution in [1.29, 1.82) is 0 Å². The van der Waals surface area contributed by atoms with Gasteiger partial charge in [-0.1, -0.05) is 5.92 Å². The van der Waals surface area contributed by atoms with E-state index >= 15 is 0 Å². The highest BCUT2D eigenvalue weighted by Crippen LogP contribution is 2.10.